The summed E-state index contributed by atoms with van der Waals surface area (Å²) in [5.41, 5.74) is -2.15. The van der Waals surface area contributed by atoms with Crippen molar-refractivity contribution in [3.8, 4) is 0 Å². The Labute approximate surface area is 179 Å². The number of anilines is 1. The molecular formula is C20H24ClN3O6. The number of rotatable bonds is 5. The number of benzene rings is 1. The third-order valence-electron chi connectivity index (χ3n) is 4.53. The van der Waals surface area contributed by atoms with Crippen LogP contribution >= 0.6 is 11.6 Å². The highest BCUT2D eigenvalue weighted by Crippen LogP contribution is 2.28. The van der Waals surface area contributed by atoms with E-state index in [1.54, 1.807) is 20.8 Å². The lowest BCUT2D eigenvalue weighted by Gasteiger charge is -2.29. The van der Waals surface area contributed by atoms with E-state index >= 15 is 0 Å². The highest BCUT2D eigenvalue weighted by Gasteiger charge is 2.53. The first-order chi connectivity index (χ1) is 13.7. The molecule has 1 aromatic carbocycles. The van der Waals surface area contributed by atoms with Crippen LogP contribution < -0.4 is 10.6 Å². The Kier molecular flexibility index (Phi) is 6.27. The maximum Gasteiger partial charge on any atom is 0.337 e. The van der Waals surface area contributed by atoms with Gasteiger partial charge in [-0.1, -0.05) is 32.4 Å². The van der Waals surface area contributed by atoms with Crippen molar-refractivity contribution in [1.29, 1.82) is 0 Å². The lowest BCUT2D eigenvalue weighted by molar-refractivity contribution is -0.144. The molecule has 2 N–H and O–H groups in total. The summed E-state index contributed by atoms with van der Waals surface area (Å²) in [4.78, 5) is 63.7. The summed E-state index contributed by atoms with van der Waals surface area (Å²) in [6, 6.07) is 1.48. The number of carbonyl (C=O) groups excluding carboxylic acids is 5. The maximum atomic E-state index is 13.1. The number of imide groups is 1. The third kappa shape index (κ3) is 4.46. The number of carbonyl (C=O) groups is 5. The van der Waals surface area contributed by atoms with Gasteiger partial charge in [0.05, 0.1) is 23.4 Å². The summed E-state index contributed by atoms with van der Waals surface area (Å²) >= 11 is 6.11. The van der Waals surface area contributed by atoms with E-state index in [9.17, 15) is 24.0 Å². The van der Waals surface area contributed by atoms with Crippen LogP contribution in [0.15, 0.2) is 18.2 Å². The van der Waals surface area contributed by atoms with Crippen molar-refractivity contribution in [3.63, 3.8) is 0 Å². The fourth-order valence-electron chi connectivity index (χ4n) is 2.84. The molecule has 1 aliphatic rings. The average Bonchev–Trinajstić information content (AvgIpc) is 2.84. The molecule has 0 saturated carbocycles. The summed E-state index contributed by atoms with van der Waals surface area (Å²) < 4.78 is 4.64. The van der Waals surface area contributed by atoms with Gasteiger partial charge in [-0.25, -0.2) is 14.5 Å². The van der Waals surface area contributed by atoms with E-state index in [1.165, 1.54) is 39.2 Å². The number of nitrogens with zero attached hydrogens (tertiary/aromatic N) is 1. The van der Waals surface area contributed by atoms with Crippen LogP contribution in [-0.2, 0) is 19.1 Å². The van der Waals surface area contributed by atoms with Gasteiger partial charge in [0, 0.05) is 5.41 Å². The number of hydrogen-bond donors (Lipinski definition) is 2. The molecule has 0 spiro atoms. The number of ether oxygens (including phenoxy) is 1. The molecule has 2 rings (SSSR count). The summed E-state index contributed by atoms with van der Waals surface area (Å²) in [5, 5.41) is 5.01. The van der Waals surface area contributed by atoms with Gasteiger partial charge in [-0.15, -0.1) is 0 Å². The van der Waals surface area contributed by atoms with Gasteiger partial charge in [0.1, 0.15) is 5.54 Å². The zero-order valence-electron chi connectivity index (χ0n) is 17.6. The number of nitrogens with one attached hydrogen (secondary N) is 2. The Hall–Kier alpha value is -2.94. The largest absolute Gasteiger partial charge is 0.465 e. The number of ketones is 1. The predicted molar refractivity (Wildman–Crippen MR) is 109 cm³/mol. The second-order valence-corrected chi connectivity index (χ2v) is 8.83. The third-order valence-corrected chi connectivity index (χ3v) is 4.86. The van der Waals surface area contributed by atoms with Crippen molar-refractivity contribution >= 4 is 46.9 Å². The highest BCUT2D eigenvalue weighted by molar-refractivity contribution is 6.34. The molecule has 1 saturated heterocycles. The Bertz CT molecular complexity index is 935. The number of halogens is 1. The molecule has 1 unspecified atom stereocenters. The number of amides is 4. The summed E-state index contributed by atoms with van der Waals surface area (Å²) in [5.74, 6) is -2.93. The maximum absolute atomic E-state index is 13.1. The van der Waals surface area contributed by atoms with Crippen molar-refractivity contribution in [2.24, 2.45) is 5.41 Å². The summed E-state index contributed by atoms with van der Waals surface area (Å²) in [6.45, 7) is 7.67. The van der Waals surface area contributed by atoms with Crippen LogP contribution in [0.4, 0.5) is 10.5 Å². The van der Waals surface area contributed by atoms with E-state index in [-0.39, 0.29) is 16.3 Å². The molecular weight excluding hydrogens is 414 g/mol. The predicted octanol–water partition coefficient (Wildman–Crippen LogP) is 2.38. The number of hydrogen-bond acceptors (Lipinski definition) is 6. The van der Waals surface area contributed by atoms with Gasteiger partial charge >= 0.3 is 12.0 Å². The molecule has 0 aromatic heterocycles. The molecule has 0 aliphatic carbocycles. The first-order valence-electron chi connectivity index (χ1n) is 9.09. The molecule has 1 atom stereocenters. The molecule has 0 bridgehead atoms. The number of methoxy groups -OCH3 is 1. The fraction of sp³-hybridized carbons (Fsp3) is 0.450. The Balaban J connectivity index is 2.47. The molecule has 9 nitrogen and oxygen atoms in total. The molecule has 4 amide bonds. The van der Waals surface area contributed by atoms with Crippen LogP contribution in [0.25, 0.3) is 0 Å². The van der Waals surface area contributed by atoms with Crippen LogP contribution in [0.1, 0.15) is 45.0 Å². The minimum Gasteiger partial charge on any atom is -0.465 e. The quantitative estimate of drug-likeness (QED) is 0.414. The first-order valence-corrected chi connectivity index (χ1v) is 9.47. The second-order valence-electron chi connectivity index (χ2n) is 8.42. The minimum atomic E-state index is -1.72. The molecule has 162 valence electrons. The van der Waals surface area contributed by atoms with Gasteiger partial charge in [0.2, 0.25) is 0 Å². The molecule has 10 heteroatoms. The smallest absolute Gasteiger partial charge is 0.337 e. The van der Waals surface area contributed by atoms with E-state index in [0.717, 1.165) is 0 Å². The zero-order valence-corrected chi connectivity index (χ0v) is 18.3. The zero-order chi connectivity index (χ0) is 23.0. The van der Waals surface area contributed by atoms with Crippen LogP contribution in [0.5, 0.6) is 0 Å². The van der Waals surface area contributed by atoms with Crippen LogP contribution in [-0.4, -0.2) is 53.2 Å². The van der Waals surface area contributed by atoms with Crippen LogP contribution in [0.2, 0.25) is 5.02 Å². The van der Waals surface area contributed by atoms with E-state index in [4.69, 9.17) is 11.6 Å². The monoisotopic (exact) mass is 437 g/mol. The normalized spacial score (nSPS) is 16.7. The van der Waals surface area contributed by atoms with E-state index in [0.29, 0.717) is 4.90 Å². The Morgan fingerprint density at radius 2 is 1.80 bits per heavy atom. The van der Waals surface area contributed by atoms with Crippen molar-refractivity contribution in [1.82, 2.24) is 10.2 Å². The SMILES string of the molecule is COC(=O)c1ccc(Cl)c(NC(=O)C(C(=O)C(C)(C)C)N2C(=O)NC(C)(C)C2=O)c1. The van der Waals surface area contributed by atoms with Crippen molar-refractivity contribution in [2.75, 3.05) is 12.4 Å². The minimum absolute atomic E-state index is 0.0302. The van der Waals surface area contributed by atoms with Crippen LogP contribution in [0.3, 0.4) is 0 Å². The molecule has 1 aromatic rings. The second kappa shape index (κ2) is 8.06. The summed E-state index contributed by atoms with van der Waals surface area (Å²) in [6.07, 6.45) is 0. The highest BCUT2D eigenvalue weighted by atomic mass is 35.5. The van der Waals surface area contributed by atoms with Gasteiger partial charge in [-0.2, -0.15) is 0 Å². The van der Waals surface area contributed by atoms with Gasteiger partial charge in [0.15, 0.2) is 11.8 Å². The van der Waals surface area contributed by atoms with Gasteiger partial charge in [-0.05, 0) is 32.0 Å². The lowest BCUT2D eigenvalue weighted by Crippen LogP contribution is -2.55. The topological polar surface area (TPSA) is 122 Å². The van der Waals surface area contributed by atoms with Crippen molar-refractivity contribution in [3.05, 3.63) is 28.8 Å². The van der Waals surface area contributed by atoms with Gasteiger partial charge in [0.25, 0.3) is 11.8 Å². The van der Waals surface area contributed by atoms with E-state index in [2.05, 4.69) is 15.4 Å². The summed E-state index contributed by atoms with van der Waals surface area (Å²) in [7, 11) is 1.20. The molecule has 0 radical (unpaired) electrons. The van der Waals surface area contributed by atoms with E-state index < -0.39 is 46.6 Å². The fourth-order valence-corrected chi connectivity index (χ4v) is 3.00. The average molecular weight is 438 g/mol. The van der Waals surface area contributed by atoms with Crippen LogP contribution in [0, 0.1) is 5.41 Å². The molecule has 1 fully saturated rings. The molecule has 30 heavy (non-hydrogen) atoms. The van der Waals surface area contributed by atoms with Gasteiger partial charge < -0.3 is 15.4 Å². The lowest BCUT2D eigenvalue weighted by atomic mass is 9.85. The Morgan fingerprint density at radius 3 is 2.27 bits per heavy atom. The molecule has 1 heterocycles. The standard InChI is InChI=1S/C20H24ClN3O6/c1-19(2,3)14(25)13(24-17(28)20(4,5)23-18(24)29)15(26)22-12-9-10(16(27)30-6)7-8-11(12)21/h7-9,13H,1-6H3,(H,22,26)(H,23,29). The number of esters is 1. The van der Waals surface area contributed by atoms with Crippen molar-refractivity contribution < 1.29 is 28.7 Å². The number of urea groups is 1. The number of Topliss-reactive ketones (excluding diaryl/α,β-unsaturated/α-hetero) is 1. The Morgan fingerprint density at radius 1 is 1.20 bits per heavy atom. The molecule has 1 aliphatic heterocycles. The van der Waals surface area contributed by atoms with Gasteiger partial charge in [-0.3, -0.25) is 14.4 Å². The first kappa shape index (κ1) is 23.3. The van der Waals surface area contributed by atoms with Crippen molar-refractivity contribution in [2.45, 2.75) is 46.2 Å². The van der Waals surface area contributed by atoms with E-state index in [1.807, 2.05) is 0 Å².